The average molecular weight is 312 g/mol. The molecule has 1 aliphatic heterocycles. The molecule has 0 unspecified atom stereocenters. The van der Waals surface area contributed by atoms with E-state index >= 15 is 0 Å². The van der Waals surface area contributed by atoms with Crippen LogP contribution in [0.1, 0.15) is 6.04 Å². The SMILES string of the molecule is COc1ccc(F)cc1S(=O)(=O)N1CC(n2ccnn2)C1. The Morgan fingerprint density at radius 2 is 2.14 bits per heavy atom. The number of nitrogens with zero attached hydrogens (tertiary/aromatic N) is 4. The molecule has 0 N–H and O–H groups in total. The van der Waals surface area contributed by atoms with E-state index in [1.54, 1.807) is 10.9 Å². The van der Waals surface area contributed by atoms with Crippen LogP contribution < -0.4 is 4.74 Å². The minimum Gasteiger partial charge on any atom is -0.495 e. The van der Waals surface area contributed by atoms with Crippen LogP contribution >= 0.6 is 0 Å². The highest BCUT2D eigenvalue weighted by Gasteiger charge is 2.39. The fraction of sp³-hybridized carbons (Fsp3) is 0.333. The van der Waals surface area contributed by atoms with Gasteiger partial charge in [0.15, 0.2) is 0 Å². The Labute approximate surface area is 121 Å². The number of methoxy groups -OCH3 is 1. The number of hydrogen-bond donors (Lipinski definition) is 0. The molecule has 2 aromatic rings. The minimum atomic E-state index is -3.78. The second kappa shape index (κ2) is 5.08. The average Bonchev–Trinajstić information content (AvgIpc) is 2.90. The van der Waals surface area contributed by atoms with Gasteiger partial charge in [0.2, 0.25) is 10.0 Å². The lowest BCUT2D eigenvalue weighted by atomic mass is 10.2. The monoisotopic (exact) mass is 312 g/mol. The molecule has 1 aromatic carbocycles. The van der Waals surface area contributed by atoms with E-state index in [4.69, 9.17) is 4.74 Å². The summed E-state index contributed by atoms with van der Waals surface area (Å²) in [6.07, 6.45) is 3.21. The predicted octanol–water partition coefficient (Wildman–Crippen LogP) is 0.671. The van der Waals surface area contributed by atoms with Gasteiger partial charge in [0.1, 0.15) is 16.5 Å². The van der Waals surface area contributed by atoms with E-state index in [2.05, 4.69) is 10.3 Å². The number of ether oxygens (including phenoxy) is 1. The molecule has 0 aliphatic carbocycles. The number of sulfonamides is 1. The molecule has 9 heteroatoms. The molecule has 0 spiro atoms. The molecule has 1 aromatic heterocycles. The third kappa shape index (κ3) is 2.38. The number of halogens is 1. The van der Waals surface area contributed by atoms with Crippen molar-refractivity contribution in [3.63, 3.8) is 0 Å². The van der Waals surface area contributed by atoms with Crippen LogP contribution in [0.15, 0.2) is 35.5 Å². The maximum absolute atomic E-state index is 13.3. The van der Waals surface area contributed by atoms with Crippen LogP contribution in [0.3, 0.4) is 0 Å². The fourth-order valence-electron chi connectivity index (χ4n) is 2.18. The highest BCUT2D eigenvalue weighted by atomic mass is 32.2. The summed E-state index contributed by atoms with van der Waals surface area (Å²) in [5.41, 5.74) is 0. The Bertz CT molecular complexity index is 742. The molecule has 0 amide bonds. The van der Waals surface area contributed by atoms with Gasteiger partial charge in [-0.2, -0.15) is 4.31 Å². The number of aromatic nitrogens is 3. The van der Waals surface area contributed by atoms with Crippen molar-refractivity contribution in [3.05, 3.63) is 36.4 Å². The summed E-state index contributed by atoms with van der Waals surface area (Å²) in [4.78, 5) is -0.165. The first-order valence-corrected chi connectivity index (χ1v) is 7.66. The molecule has 2 heterocycles. The van der Waals surface area contributed by atoms with Crippen LogP contribution in [0.5, 0.6) is 5.75 Å². The first kappa shape index (κ1) is 14.0. The lowest BCUT2D eigenvalue weighted by Crippen LogP contribution is -2.50. The molecule has 0 atom stereocenters. The molecule has 7 nitrogen and oxygen atoms in total. The van der Waals surface area contributed by atoms with Crippen molar-refractivity contribution < 1.29 is 17.5 Å². The van der Waals surface area contributed by atoms with Crippen molar-refractivity contribution in [1.82, 2.24) is 19.3 Å². The number of hydrogen-bond acceptors (Lipinski definition) is 5. The van der Waals surface area contributed by atoms with E-state index in [0.29, 0.717) is 0 Å². The Morgan fingerprint density at radius 3 is 2.76 bits per heavy atom. The van der Waals surface area contributed by atoms with E-state index in [1.165, 1.54) is 23.7 Å². The van der Waals surface area contributed by atoms with E-state index in [1.807, 2.05) is 0 Å². The zero-order chi connectivity index (χ0) is 15.0. The first-order chi connectivity index (χ1) is 10.0. The molecule has 112 valence electrons. The summed E-state index contributed by atoms with van der Waals surface area (Å²) in [7, 11) is -2.44. The maximum Gasteiger partial charge on any atom is 0.247 e. The van der Waals surface area contributed by atoms with Gasteiger partial charge in [-0.15, -0.1) is 5.10 Å². The summed E-state index contributed by atoms with van der Waals surface area (Å²) in [5.74, 6) is -0.497. The van der Waals surface area contributed by atoms with Crippen LogP contribution in [-0.4, -0.2) is 47.9 Å². The third-order valence-corrected chi connectivity index (χ3v) is 5.24. The van der Waals surface area contributed by atoms with Gasteiger partial charge in [-0.05, 0) is 18.2 Å². The van der Waals surface area contributed by atoms with Gasteiger partial charge in [0.05, 0.1) is 19.3 Å². The van der Waals surface area contributed by atoms with Crippen LogP contribution in [0.2, 0.25) is 0 Å². The standard InChI is InChI=1S/C12H13FN4O3S/c1-20-11-3-2-9(13)6-12(11)21(18,19)16-7-10(8-16)17-5-4-14-15-17/h2-6,10H,7-8H2,1H3. The van der Waals surface area contributed by atoms with Crippen molar-refractivity contribution in [2.75, 3.05) is 20.2 Å². The smallest absolute Gasteiger partial charge is 0.247 e. The van der Waals surface area contributed by atoms with Crippen LogP contribution in [0.25, 0.3) is 0 Å². The van der Waals surface area contributed by atoms with Gasteiger partial charge < -0.3 is 4.74 Å². The van der Waals surface area contributed by atoms with Gasteiger partial charge in [-0.3, -0.25) is 0 Å². The van der Waals surface area contributed by atoms with Crippen molar-refractivity contribution >= 4 is 10.0 Å². The summed E-state index contributed by atoms with van der Waals surface area (Å²) in [6, 6.07) is 3.38. The largest absolute Gasteiger partial charge is 0.495 e. The highest BCUT2D eigenvalue weighted by molar-refractivity contribution is 7.89. The van der Waals surface area contributed by atoms with E-state index in [0.717, 1.165) is 12.1 Å². The van der Waals surface area contributed by atoms with Gasteiger partial charge in [-0.1, -0.05) is 5.21 Å². The normalized spacial score (nSPS) is 16.7. The predicted molar refractivity (Wildman–Crippen MR) is 70.8 cm³/mol. The molecule has 21 heavy (non-hydrogen) atoms. The van der Waals surface area contributed by atoms with Crippen molar-refractivity contribution in [1.29, 1.82) is 0 Å². The molecule has 0 radical (unpaired) electrons. The summed E-state index contributed by atoms with van der Waals surface area (Å²) >= 11 is 0. The zero-order valence-electron chi connectivity index (χ0n) is 11.2. The zero-order valence-corrected chi connectivity index (χ0v) is 12.0. The second-order valence-corrected chi connectivity index (χ2v) is 6.56. The van der Waals surface area contributed by atoms with Crippen LogP contribution in [0.4, 0.5) is 4.39 Å². The summed E-state index contributed by atoms with van der Waals surface area (Å²) in [5, 5.41) is 7.52. The molecule has 0 saturated carbocycles. The van der Waals surface area contributed by atoms with Crippen molar-refractivity contribution in [2.24, 2.45) is 0 Å². The quantitative estimate of drug-likeness (QED) is 0.829. The Balaban J connectivity index is 1.84. The molecule has 1 fully saturated rings. The van der Waals surface area contributed by atoms with Gasteiger partial charge >= 0.3 is 0 Å². The molecule has 1 aliphatic rings. The Morgan fingerprint density at radius 1 is 1.38 bits per heavy atom. The van der Waals surface area contributed by atoms with Gasteiger partial charge in [0.25, 0.3) is 0 Å². The fourth-order valence-corrected chi connectivity index (χ4v) is 3.87. The number of benzene rings is 1. The molecule has 0 bridgehead atoms. The van der Waals surface area contributed by atoms with Gasteiger partial charge in [0, 0.05) is 19.3 Å². The van der Waals surface area contributed by atoms with E-state index < -0.39 is 15.8 Å². The maximum atomic E-state index is 13.3. The molecular formula is C12H13FN4O3S. The van der Waals surface area contributed by atoms with Gasteiger partial charge in [-0.25, -0.2) is 17.5 Å². The van der Waals surface area contributed by atoms with Crippen LogP contribution in [0, 0.1) is 5.82 Å². The molecular weight excluding hydrogens is 299 g/mol. The summed E-state index contributed by atoms with van der Waals surface area (Å²) < 4.78 is 46.2. The third-order valence-electron chi connectivity index (χ3n) is 3.39. The number of rotatable bonds is 4. The topological polar surface area (TPSA) is 77.3 Å². The first-order valence-electron chi connectivity index (χ1n) is 6.22. The lowest BCUT2D eigenvalue weighted by molar-refractivity contribution is 0.188. The van der Waals surface area contributed by atoms with Crippen LogP contribution in [-0.2, 0) is 10.0 Å². The van der Waals surface area contributed by atoms with E-state index in [-0.39, 0.29) is 29.8 Å². The second-order valence-electron chi connectivity index (χ2n) is 4.65. The van der Waals surface area contributed by atoms with E-state index in [9.17, 15) is 12.8 Å². The lowest BCUT2D eigenvalue weighted by Gasteiger charge is -2.37. The Hall–Kier alpha value is -2.00. The minimum absolute atomic E-state index is 0.0539. The molecule has 3 rings (SSSR count). The van der Waals surface area contributed by atoms with Crippen molar-refractivity contribution in [2.45, 2.75) is 10.9 Å². The Kier molecular flexibility index (Phi) is 3.38. The molecule has 1 saturated heterocycles. The summed E-state index contributed by atoms with van der Waals surface area (Å²) in [6.45, 7) is 0.538. The van der Waals surface area contributed by atoms with Crippen molar-refractivity contribution in [3.8, 4) is 5.75 Å². The highest BCUT2D eigenvalue weighted by Crippen LogP contribution is 2.32.